The molecule has 3 aliphatic rings. The average molecular weight is 222 g/mol. The number of likely N-dealkylation sites (tertiary alicyclic amines) is 1. The summed E-state index contributed by atoms with van der Waals surface area (Å²) >= 11 is 0. The monoisotopic (exact) mass is 222 g/mol. The maximum Gasteiger partial charge on any atom is 0.236 e. The van der Waals surface area contributed by atoms with Crippen LogP contribution in [0.4, 0.5) is 0 Å². The molecule has 5 heteroatoms. The summed E-state index contributed by atoms with van der Waals surface area (Å²) in [7, 11) is 0. The van der Waals surface area contributed by atoms with Crippen molar-refractivity contribution in [3.05, 3.63) is 12.2 Å². The largest absolute Gasteiger partial charge is 0.365 e. The Labute approximate surface area is 93.2 Å². The molecule has 3 aliphatic heterocycles. The molecule has 16 heavy (non-hydrogen) atoms. The molecule has 5 nitrogen and oxygen atoms in total. The average Bonchev–Trinajstić information content (AvgIpc) is 2.92. The van der Waals surface area contributed by atoms with E-state index in [0.717, 1.165) is 0 Å². The van der Waals surface area contributed by atoms with Crippen molar-refractivity contribution >= 4 is 11.8 Å². The van der Waals surface area contributed by atoms with Gasteiger partial charge in [0.2, 0.25) is 11.8 Å². The van der Waals surface area contributed by atoms with Crippen LogP contribution in [-0.4, -0.2) is 42.0 Å². The van der Waals surface area contributed by atoms with Gasteiger partial charge < -0.3 is 10.5 Å². The standard InChI is InChI=1S/C11H14N2O3/c12-4-1-5-13-10(14)8-6-2-3-7(16-6)9(8)11(13)15/h2-3,6-9H,1,4-5,12H2. The lowest BCUT2D eigenvalue weighted by atomic mass is 9.85. The van der Waals surface area contributed by atoms with Crippen LogP contribution in [0.2, 0.25) is 0 Å². The number of nitrogens with zero attached hydrogens (tertiary/aromatic N) is 1. The van der Waals surface area contributed by atoms with Gasteiger partial charge in [0.25, 0.3) is 0 Å². The summed E-state index contributed by atoms with van der Waals surface area (Å²) < 4.78 is 5.53. The van der Waals surface area contributed by atoms with Gasteiger partial charge in [-0.05, 0) is 13.0 Å². The molecule has 3 rings (SSSR count). The third kappa shape index (κ3) is 1.13. The number of hydrogen-bond donors (Lipinski definition) is 1. The SMILES string of the molecule is NCCCN1C(=O)C2C3C=CC(O3)C2C1=O. The van der Waals surface area contributed by atoms with Crippen molar-refractivity contribution in [3.63, 3.8) is 0 Å². The van der Waals surface area contributed by atoms with Crippen molar-refractivity contribution < 1.29 is 14.3 Å². The Bertz CT molecular complexity index is 349. The number of rotatable bonds is 3. The molecule has 2 bridgehead atoms. The summed E-state index contributed by atoms with van der Waals surface area (Å²) in [5.41, 5.74) is 5.39. The summed E-state index contributed by atoms with van der Waals surface area (Å²) in [5.74, 6) is -0.721. The summed E-state index contributed by atoms with van der Waals surface area (Å²) in [5, 5.41) is 0. The number of nitrogens with two attached hydrogens (primary N) is 1. The molecule has 2 fully saturated rings. The summed E-state index contributed by atoms with van der Waals surface area (Å²) in [4.78, 5) is 25.4. The highest BCUT2D eigenvalue weighted by Gasteiger charge is 2.60. The predicted octanol–water partition coefficient (Wildman–Crippen LogP) is -0.726. The molecule has 4 unspecified atom stereocenters. The van der Waals surface area contributed by atoms with Gasteiger partial charge in [-0.25, -0.2) is 0 Å². The number of imide groups is 1. The number of fused-ring (bicyclic) bond motifs is 5. The van der Waals surface area contributed by atoms with E-state index in [1.54, 1.807) is 0 Å². The van der Waals surface area contributed by atoms with Gasteiger partial charge in [0, 0.05) is 6.54 Å². The van der Waals surface area contributed by atoms with E-state index in [4.69, 9.17) is 10.5 Å². The Morgan fingerprint density at radius 3 is 2.25 bits per heavy atom. The van der Waals surface area contributed by atoms with Gasteiger partial charge in [0.05, 0.1) is 24.0 Å². The number of carbonyl (C=O) groups excluding carboxylic acids is 2. The molecular formula is C11H14N2O3. The zero-order valence-corrected chi connectivity index (χ0v) is 8.83. The van der Waals surface area contributed by atoms with Crippen LogP contribution >= 0.6 is 0 Å². The maximum absolute atomic E-state index is 12.0. The number of carbonyl (C=O) groups is 2. The Balaban J connectivity index is 1.83. The zero-order chi connectivity index (χ0) is 11.3. The van der Waals surface area contributed by atoms with Gasteiger partial charge in [-0.1, -0.05) is 12.2 Å². The highest BCUT2D eigenvalue weighted by atomic mass is 16.5. The summed E-state index contributed by atoms with van der Waals surface area (Å²) in [6.07, 6.45) is 4.08. The van der Waals surface area contributed by atoms with E-state index in [9.17, 15) is 9.59 Å². The Morgan fingerprint density at radius 2 is 1.75 bits per heavy atom. The fraction of sp³-hybridized carbons (Fsp3) is 0.636. The van der Waals surface area contributed by atoms with Gasteiger partial charge in [-0.2, -0.15) is 0 Å². The van der Waals surface area contributed by atoms with Crippen LogP contribution in [0.3, 0.4) is 0 Å². The Kier molecular flexibility index (Phi) is 2.12. The van der Waals surface area contributed by atoms with Crippen LogP contribution in [-0.2, 0) is 14.3 Å². The Hall–Kier alpha value is -1.20. The second-order valence-electron chi connectivity index (χ2n) is 4.47. The molecule has 0 saturated carbocycles. The van der Waals surface area contributed by atoms with Crippen molar-refractivity contribution in [1.29, 1.82) is 0 Å². The lowest BCUT2D eigenvalue weighted by Gasteiger charge is -2.16. The second-order valence-corrected chi connectivity index (χ2v) is 4.47. The first kappa shape index (κ1) is 9.99. The smallest absolute Gasteiger partial charge is 0.236 e. The molecule has 0 aromatic heterocycles. The highest BCUT2D eigenvalue weighted by molar-refractivity contribution is 6.06. The van der Waals surface area contributed by atoms with Gasteiger partial charge in [-0.3, -0.25) is 14.5 Å². The van der Waals surface area contributed by atoms with Crippen molar-refractivity contribution in [2.45, 2.75) is 18.6 Å². The predicted molar refractivity (Wildman–Crippen MR) is 55.2 cm³/mol. The number of amides is 2. The quantitative estimate of drug-likeness (QED) is 0.505. The van der Waals surface area contributed by atoms with Crippen molar-refractivity contribution in [1.82, 2.24) is 4.90 Å². The lowest BCUT2D eigenvalue weighted by molar-refractivity contribution is -0.142. The fourth-order valence-corrected chi connectivity index (χ4v) is 2.84. The van der Waals surface area contributed by atoms with E-state index in [1.165, 1.54) is 4.90 Å². The molecule has 2 N–H and O–H groups in total. The topological polar surface area (TPSA) is 72.6 Å². The first-order chi connectivity index (χ1) is 7.74. The van der Waals surface area contributed by atoms with Crippen LogP contribution in [0.25, 0.3) is 0 Å². The lowest BCUT2D eigenvalue weighted by Crippen LogP contribution is -2.35. The molecule has 0 spiro atoms. The van der Waals surface area contributed by atoms with Crippen LogP contribution in [0.15, 0.2) is 12.2 Å². The van der Waals surface area contributed by atoms with Gasteiger partial charge in [-0.15, -0.1) is 0 Å². The molecule has 3 heterocycles. The van der Waals surface area contributed by atoms with Crippen molar-refractivity contribution in [2.24, 2.45) is 17.6 Å². The van der Waals surface area contributed by atoms with E-state index >= 15 is 0 Å². The second kappa shape index (κ2) is 3.40. The van der Waals surface area contributed by atoms with E-state index in [0.29, 0.717) is 19.5 Å². The molecule has 0 radical (unpaired) electrons. The minimum atomic E-state index is -0.278. The first-order valence-corrected chi connectivity index (χ1v) is 5.63. The van der Waals surface area contributed by atoms with E-state index in [-0.39, 0.29) is 35.9 Å². The van der Waals surface area contributed by atoms with Crippen LogP contribution < -0.4 is 5.73 Å². The van der Waals surface area contributed by atoms with Crippen LogP contribution in [0.1, 0.15) is 6.42 Å². The minimum Gasteiger partial charge on any atom is -0.365 e. The summed E-state index contributed by atoms with van der Waals surface area (Å²) in [6.45, 7) is 0.939. The zero-order valence-electron chi connectivity index (χ0n) is 8.83. The molecule has 2 saturated heterocycles. The van der Waals surface area contributed by atoms with Crippen molar-refractivity contribution in [2.75, 3.05) is 13.1 Å². The van der Waals surface area contributed by atoms with Gasteiger partial charge >= 0.3 is 0 Å². The highest BCUT2D eigenvalue weighted by Crippen LogP contribution is 2.44. The van der Waals surface area contributed by atoms with E-state index in [2.05, 4.69) is 0 Å². The number of hydrogen-bond acceptors (Lipinski definition) is 4. The fourth-order valence-electron chi connectivity index (χ4n) is 2.84. The summed E-state index contributed by atoms with van der Waals surface area (Å²) in [6, 6.07) is 0. The van der Waals surface area contributed by atoms with Gasteiger partial charge in [0.1, 0.15) is 0 Å². The van der Waals surface area contributed by atoms with Crippen LogP contribution in [0.5, 0.6) is 0 Å². The van der Waals surface area contributed by atoms with Crippen LogP contribution in [0, 0.1) is 11.8 Å². The molecule has 4 atom stereocenters. The molecule has 86 valence electrons. The first-order valence-electron chi connectivity index (χ1n) is 5.63. The van der Waals surface area contributed by atoms with E-state index in [1.807, 2.05) is 12.2 Å². The molecular weight excluding hydrogens is 208 g/mol. The maximum atomic E-state index is 12.0. The molecule has 0 aromatic rings. The third-order valence-electron chi connectivity index (χ3n) is 3.59. The molecule has 0 aliphatic carbocycles. The normalized spacial score (nSPS) is 39.9. The minimum absolute atomic E-state index is 0.0831. The van der Waals surface area contributed by atoms with Crippen molar-refractivity contribution in [3.8, 4) is 0 Å². The van der Waals surface area contributed by atoms with E-state index < -0.39 is 0 Å². The third-order valence-corrected chi connectivity index (χ3v) is 3.59. The molecule has 2 amide bonds. The Morgan fingerprint density at radius 1 is 1.19 bits per heavy atom. The van der Waals surface area contributed by atoms with Gasteiger partial charge in [0.15, 0.2) is 0 Å². The molecule has 0 aromatic carbocycles. The number of ether oxygens (including phenoxy) is 1.